The molecule has 14 heavy (non-hydrogen) atoms. The van der Waals surface area contributed by atoms with Crippen molar-refractivity contribution in [2.75, 3.05) is 19.6 Å². The number of halogens is 1. The second-order valence-electron chi connectivity index (χ2n) is 3.19. The molecule has 1 aromatic heterocycles. The molecule has 4 nitrogen and oxygen atoms in total. The molecular formula is C9H15ClN4. The predicted octanol–water partition coefficient (Wildman–Crippen LogP) is 0.962. The molecule has 1 aromatic rings. The Hall–Kier alpha value is -0.870. The van der Waals surface area contributed by atoms with Crippen molar-refractivity contribution in [1.29, 1.82) is 0 Å². The largest absolute Gasteiger partial charge is 0.297 e. The highest BCUT2D eigenvalue weighted by Gasteiger charge is 2.05. The van der Waals surface area contributed by atoms with Crippen molar-refractivity contribution >= 4 is 12.4 Å². The molecule has 0 bridgehead atoms. The van der Waals surface area contributed by atoms with Gasteiger partial charge in [-0.25, -0.2) is 0 Å². The van der Waals surface area contributed by atoms with Gasteiger partial charge in [-0.15, -0.1) is 12.4 Å². The summed E-state index contributed by atoms with van der Waals surface area (Å²) in [5, 5.41) is 8.12. The Bertz CT molecular complexity index is 270. The first kappa shape index (κ1) is 11.2. The van der Waals surface area contributed by atoms with E-state index in [-0.39, 0.29) is 12.4 Å². The molecule has 0 aromatic carbocycles. The Morgan fingerprint density at radius 2 is 1.86 bits per heavy atom. The smallest absolute Gasteiger partial charge is 0.0734 e. The summed E-state index contributed by atoms with van der Waals surface area (Å²) in [5.41, 5.74) is 0. The zero-order valence-electron chi connectivity index (χ0n) is 8.04. The van der Waals surface area contributed by atoms with Gasteiger partial charge in [0.1, 0.15) is 0 Å². The SMILES string of the molecule is C1=CCN(CCn2nccn2)CC1.Cl. The number of nitrogens with zero attached hydrogens (tertiary/aromatic N) is 4. The fourth-order valence-corrected chi connectivity index (χ4v) is 1.48. The first-order valence-electron chi connectivity index (χ1n) is 4.66. The molecule has 0 saturated heterocycles. The Balaban J connectivity index is 0.000000980. The lowest BCUT2D eigenvalue weighted by Gasteiger charge is -2.22. The number of hydrogen-bond acceptors (Lipinski definition) is 3. The fraction of sp³-hybridized carbons (Fsp3) is 0.556. The lowest BCUT2D eigenvalue weighted by atomic mass is 10.2. The van der Waals surface area contributed by atoms with Gasteiger partial charge in [-0.1, -0.05) is 12.2 Å². The van der Waals surface area contributed by atoms with E-state index in [0.717, 1.165) is 26.2 Å². The van der Waals surface area contributed by atoms with E-state index in [9.17, 15) is 0 Å². The van der Waals surface area contributed by atoms with Crippen LogP contribution in [0, 0.1) is 0 Å². The minimum absolute atomic E-state index is 0. The number of hydrogen-bond donors (Lipinski definition) is 0. The van der Waals surface area contributed by atoms with Crippen molar-refractivity contribution in [3.63, 3.8) is 0 Å². The zero-order valence-corrected chi connectivity index (χ0v) is 8.86. The van der Waals surface area contributed by atoms with E-state index in [1.165, 1.54) is 6.42 Å². The van der Waals surface area contributed by atoms with Crippen LogP contribution < -0.4 is 0 Å². The molecule has 2 rings (SSSR count). The van der Waals surface area contributed by atoms with E-state index in [0.29, 0.717) is 0 Å². The first-order valence-corrected chi connectivity index (χ1v) is 4.66. The highest BCUT2D eigenvalue weighted by molar-refractivity contribution is 5.85. The first-order chi connectivity index (χ1) is 6.45. The maximum atomic E-state index is 4.06. The summed E-state index contributed by atoms with van der Waals surface area (Å²) in [4.78, 5) is 4.14. The van der Waals surface area contributed by atoms with Gasteiger partial charge in [0.25, 0.3) is 0 Å². The quantitative estimate of drug-likeness (QED) is 0.703. The summed E-state index contributed by atoms with van der Waals surface area (Å²) in [5.74, 6) is 0. The topological polar surface area (TPSA) is 34.0 Å². The van der Waals surface area contributed by atoms with E-state index < -0.39 is 0 Å². The van der Waals surface area contributed by atoms with Crippen LogP contribution in [0.3, 0.4) is 0 Å². The molecule has 0 atom stereocenters. The summed E-state index contributed by atoms with van der Waals surface area (Å²) < 4.78 is 0. The van der Waals surface area contributed by atoms with Crippen molar-refractivity contribution in [1.82, 2.24) is 19.9 Å². The molecule has 0 fully saturated rings. The number of rotatable bonds is 3. The molecular weight excluding hydrogens is 200 g/mol. The van der Waals surface area contributed by atoms with E-state index in [1.54, 1.807) is 17.2 Å². The normalized spacial score (nSPS) is 16.6. The standard InChI is InChI=1S/C9H14N4.ClH/c1-2-6-12(7-3-1)8-9-13-10-4-5-11-13;/h1-2,4-5H,3,6-9H2;1H. The minimum Gasteiger partial charge on any atom is -0.297 e. The van der Waals surface area contributed by atoms with Crippen LogP contribution in [0.15, 0.2) is 24.5 Å². The van der Waals surface area contributed by atoms with Crippen LogP contribution in [0.4, 0.5) is 0 Å². The van der Waals surface area contributed by atoms with Gasteiger partial charge >= 0.3 is 0 Å². The molecule has 0 unspecified atom stereocenters. The fourth-order valence-electron chi connectivity index (χ4n) is 1.48. The van der Waals surface area contributed by atoms with Gasteiger partial charge in [0, 0.05) is 19.6 Å². The molecule has 0 N–H and O–H groups in total. The minimum atomic E-state index is 0. The Morgan fingerprint density at radius 3 is 2.50 bits per heavy atom. The van der Waals surface area contributed by atoms with Crippen molar-refractivity contribution in [2.24, 2.45) is 0 Å². The Kier molecular flexibility index (Phi) is 4.62. The molecule has 1 aliphatic rings. The highest BCUT2D eigenvalue weighted by atomic mass is 35.5. The Morgan fingerprint density at radius 1 is 1.07 bits per heavy atom. The number of aromatic nitrogens is 3. The van der Waals surface area contributed by atoms with Gasteiger partial charge in [-0.2, -0.15) is 15.0 Å². The maximum absolute atomic E-state index is 4.06. The van der Waals surface area contributed by atoms with Crippen molar-refractivity contribution in [3.05, 3.63) is 24.5 Å². The second kappa shape index (κ2) is 5.78. The summed E-state index contributed by atoms with van der Waals surface area (Å²) >= 11 is 0. The molecule has 78 valence electrons. The highest BCUT2D eigenvalue weighted by Crippen LogP contribution is 2.00. The summed E-state index contributed by atoms with van der Waals surface area (Å²) in [6.45, 7) is 4.17. The maximum Gasteiger partial charge on any atom is 0.0734 e. The summed E-state index contributed by atoms with van der Waals surface area (Å²) in [6, 6.07) is 0. The monoisotopic (exact) mass is 214 g/mol. The molecule has 0 saturated carbocycles. The van der Waals surface area contributed by atoms with Crippen LogP contribution in [-0.4, -0.2) is 39.5 Å². The van der Waals surface area contributed by atoms with Crippen LogP contribution >= 0.6 is 12.4 Å². The third-order valence-electron chi connectivity index (χ3n) is 2.23. The average molecular weight is 215 g/mol. The van der Waals surface area contributed by atoms with Crippen LogP contribution in [-0.2, 0) is 6.54 Å². The van der Waals surface area contributed by atoms with Gasteiger partial charge in [0.2, 0.25) is 0 Å². The Labute approximate surface area is 90.0 Å². The van der Waals surface area contributed by atoms with Crippen LogP contribution in [0.25, 0.3) is 0 Å². The lowest BCUT2D eigenvalue weighted by Crippen LogP contribution is -2.31. The van der Waals surface area contributed by atoms with Gasteiger partial charge in [-0.05, 0) is 6.42 Å². The molecule has 0 amide bonds. The summed E-state index contributed by atoms with van der Waals surface area (Å²) in [7, 11) is 0. The van der Waals surface area contributed by atoms with Gasteiger partial charge in [-0.3, -0.25) is 4.90 Å². The third kappa shape index (κ3) is 3.12. The van der Waals surface area contributed by atoms with Crippen molar-refractivity contribution < 1.29 is 0 Å². The molecule has 0 spiro atoms. The van der Waals surface area contributed by atoms with E-state index >= 15 is 0 Å². The summed E-state index contributed by atoms with van der Waals surface area (Å²) in [6.07, 6.45) is 9.07. The van der Waals surface area contributed by atoms with Crippen LogP contribution in [0.2, 0.25) is 0 Å². The predicted molar refractivity (Wildman–Crippen MR) is 57.5 cm³/mol. The van der Waals surface area contributed by atoms with Crippen molar-refractivity contribution in [2.45, 2.75) is 13.0 Å². The van der Waals surface area contributed by atoms with Gasteiger partial charge < -0.3 is 0 Å². The molecule has 1 aliphatic heterocycles. The van der Waals surface area contributed by atoms with Gasteiger partial charge in [0.15, 0.2) is 0 Å². The second-order valence-corrected chi connectivity index (χ2v) is 3.19. The zero-order chi connectivity index (χ0) is 8.93. The molecule has 0 aliphatic carbocycles. The molecule has 0 radical (unpaired) electrons. The van der Waals surface area contributed by atoms with Crippen LogP contribution in [0.5, 0.6) is 0 Å². The molecule has 5 heteroatoms. The van der Waals surface area contributed by atoms with E-state index in [4.69, 9.17) is 0 Å². The average Bonchev–Trinajstić information content (AvgIpc) is 2.69. The third-order valence-corrected chi connectivity index (χ3v) is 2.23. The van der Waals surface area contributed by atoms with E-state index in [2.05, 4.69) is 27.2 Å². The van der Waals surface area contributed by atoms with E-state index in [1.807, 2.05) is 0 Å². The lowest BCUT2D eigenvalue weighted by molar-refractivity contribution is 0.274. The molecule has 2 heterocycles. The van der Waals surface area contributed by atoms with Crippen LogP contribution in [0.1, 0.15) is 6.42 Å². The van der Waals surface area contributed by atoms with Gasteiger partial charge in [0.05, 0.1) is 18.9 Å². The van der Waals surface area contributed by atoms with Crippen molar-refractivity contribution in [3.8, 4) is 0 Å².